The largest absolute Gasteiger partial charge is 0.244 e. The second kappa shape index (κ2) is 5.68. The summed E-state index contributed by atoms with van der Waals surface area (Å²) in [5, 5.41) is 0. The van der Waals surface area contributed by atoms with Crippen LogP contribution in [0.15, 0.2) is 53.4 Å². The highest BCUT2D eigenvalue weighted by Gasteiger charge is 2.22. The van der Waals surface area contributed by atoms with E-state index in [1.807, 2.05) is 6.07 Å². The standard InChI is InChI=1S/C14H13F2NO2S/c1-10(11-5-3-2-4-6-11)17-20(18,19)14-8-7-12(15)9-13(14)16/h2-10,17H,1H3/t10-/m0/s1. The van der Waals surface area contributed by atoms with Gasteiger partial charge in [0.1, 0.15) is 16.5 Å². The van der Waals surface area contributed by atoms with Crippen molar-refractivity contribution in [3.05, 3.63) is 65.7 Å². The van der Waals surface area contributed by atoms with Crippen molar-refractivity contribution in [3.63, 3.8) is 0 Å². The van der Waals surface area contributed by atoms with Crippen molar-refractivity contribution < 1.29 is 17.2 Å². The van der Waals surface area contributed by atoms with E-state index in [1.54, 1.807) is 31.2 Å². The molecule has 106 valence electrons. The fourth-order valence-corrected chi connectivity index (χ4v) is 3.09. The van der Waals surface area contributed by atoms with Gasteiger partial charge in [0.05, 0.1) is 0 Å². The molecule has 6 heteroatoms. The van der Waals surface area contributed by atoms with Crippen LogP contribution in [0.2, 0.25) is 0 Å². The molecule has 20 heavy (non-hydrogen) atoms. The minimum atomic E-state index is -4.05. The molecule has 0 saturated carbocycles. The topological polar surface area (TPSA) is 46.2 Å². The van der Waals surface area contributed by atoms with Crippen LogP contribution >= 0.6 is 0 Å². The van der Waals surface area contributed by atoms with Crippen molar-refractivity contribution in [1.29, 1.82) is 0 Å². The fraction of sp³-hybridized carbons (Fsp3) is 0.143. The molecular formula is C14H13F2NO2S. The second-order valence-corrected chi connectivity index (χ2v) is 6.01. The summed E-state index contributed by atoms with van der Waals surface area (Å²) < 4.78 is 52.9. The molecule has 0 heterocycles. The predicted molar refractivity (Wildman–Crippen MR) is 71.5 cm³/mol. The molecule has 2 aromatic carbocycles. The first-order chi connectivity index (χ1) is 9.40. The number of sulfonamides is 1. The Morgan fingerprint density at radius 3 is 2.30 bits per heavy atom. The molecule has 0 spiro atoms. The van der Waals surface area contributed by atoms with Crippen molar-refractivity contribution in [3.8, 4) is 0 Å². The minimum absolute atomic E-state index is 0.523. The highest BCUT2D eigenvalue weighted by molar-refractivity contribution is 7.89. The molecular weight excluding hydrogens is 284 g/mol. The molecule has 0 radical (unpaired) electrons. The van der Waals surface area contributed by atoms with Gasteiger partial charge in [-0.15, -0.1) is 0 Å². The quantitative estimate of drug-likeness (QED) is 0.943. The lowest BCUT2D eigenvalue weighted by Crippen LogP contribution is -2.27. The summed E-state index contributed by atoms with van der Waals surface area (Å²) in [4.78, 5) is -0.568. The van der Waals surface area contributed by atoms with Crippen LogP contribution in [0.1, 0.15) is 18.5 Å². The lowest BCUT2D eigenvalue weighted by Gasteiger charge is -2.15. The predicted octanol–water partition coefficient (Wildman–Crippen LogP) is 3.00. The van der Waals surface area contributed by atoms with Gasteiger partial charge in [-0.05, 0) is 24.6 Å². The van der Waals surface area contributed by atoms with Crippen LogP contribution < -0.4 is 4.72 Å². The maximum Gasteiger partial charge on any atom is 0.244 e. The summed E-state index contributed by atoms with van der Waals surface area (Å²) in [6, 6.07) is 10.7. The van der Waals surface area contributed by atoms with E-state index in [2.05, 4.69) is 4.72 Å². The number of hydrogen-bond acceptors (Lipinski definition) is 2. The van der Waals surface area contributed by atoms with Crippen molar-refractivity contribution in [2.75, 3.05) is 0 Å². The SMILES string of the molecule is C[C@H](NS(=O)(=O)c1ccc(F)cc1F)c1ccccc1. The third-order valence-electron chi connectivity index (χ3n) is 2.81. The van der Waals surface area contributed by atoms with Crippen LogP contribution in [0, 0.1) is 11.6 Å². The lowest BCUT2D eigenvalue weighted by molar-refractivity contribution is 0.536. The Bertz CT molecular complexity index is 702. The summed E-state index contributed by atoms with van der Waals surface area (Å²) in [5.41, 5.74) is 0.749. The Morgan fingerprint density at radius 1 is 1.05 bits per heavy atom. The fourth-order valence-electron chi connectivity index (χ4n) is 1.80. The zero-order valence-electron chi connectivity index (χ0n) is 10.7. The van der Waals surface area contributed by atoms with Gasteiger partial charge in [0, 0.05) is 12.1 Å². The first-order valence-electron chi connectivity index (χ1n) is 5.92. The summed E-state index contributed by atoms with van der Waals surface area (Å²) in [6.45, 7) is 1.65. The van der Waals surface area contributed by atoms with Crippen LogP contribution in [0.3, 0.4) is 0 Å². The number of hydrogen-bond donors (Lipinski definition) is 1. The first kappa shape index (κ1) is 14.6. The first-order valence-corrected chi connectivity index (χ1v) is 7.41. The van der Waals surface area contributed by atoms with E-state index in [9.17, 15) is 17.2 Å². The van der Waals surface area contributed by atoms with E-state index >= 15 is 0 Å². The van der Waals surface area contributed by atoms with Gasteiger partial charge in [-0.1, -0.05) is 30.3 Å². The zero-order chi connectivity index (χ0) is 14.8. The maximum absolute atomic E-state index is 13.5. The van der Waals surface area contributed by atoms with Gasteiger partial charge in [-0.3, -0.25) is 0 Å². The molecule has 0 amide bonds. The number of benzene rings is 2. The molecule has 1 N–H and O–H groups in total. The van der Waals surface area contributed by atoms with E-state index in [1.165, 1.54) is 0 Å². The van der Waals surface area contributed by atoms with Gasteiger partial charge in [-0.25, -0.2) is 21.9 Å². The van der Waals surface area contributed by atoms with Crippen molar-refractivity contribution >= 4 is 10.0 Å². The van der Waals surface area contributed by atoms with Gasteiger partial charge >= 0.3 is 0 Å². The number of rotatable bonds is 4. The monoisotopic (exact) mass is 297 g/mol. The zero-order valence-corrected chi connectivity index (χ0v) is 11.5. The average Bonchev–Trinajstić information content (AvgIpc) is 2.38. The van der Waals surface area contributed by atoms with Crippen LogP contribution in [0.25, 0.3) is 0 Å². The molecule has 0 bridgehead atoms. The Kier molecular flexibility index (Phi) is 4.15. The van der Waals surface area contributed by atoms with Crippen molar-refractivity contribution in [2.45, 2.75) is 17.9 Å². The maximum atomic E-state index is 13.5. The number of nitrogens with one attached hydrogen (secondary N) is 1. The molecule has 2 aromatic rings. The van der Waals surface area contributed by atoms with Crippen LogP contribution in [0.5, 0.6) is 0 Å². The van der Waals surface area contributed by atoms with Crippen LogP contribution in [-0.2, 0) is 10.0 Å². The molecule has 1 atom stereocenters. The van der Waals surface area contributed by atoms with Gasteiger partial charge in [0.15, 0.2) is 0 Å². The van der Waals surface area contributed by atoms with E-state index in [-0.39, 0.29) is 0 Å². The van der Waals surface area contributed by atoms with Gasteiger partial charge < -0.3 is 0 Å². The molecule has 0 aliphatic heterocycles. The highest BCUT2D eigenvalue weighted by atomic mass is 32.2. The molecule has 0 aromatic heterocycles. The molecule has 0 aliphatic carbocycles. The highest BCUT2D eigenvalue weighted by Crippen LogP contribution is 2.19. The Morgan fingerprint density at radius 2 is 1.70 bits per heavy atom. The molecule has 0 unspecified atom stereocenters. The lowest BCUT2D eigenvalue weighted by atomic mass is 10.1. The van der Waals surface area contributed by atoms with Crippen molar-refractivity contribution in [1.82, 2.24) is 4.72 Å². The third-order valence-corrected chi connectivity index (χ3v) is 4.39. The van der Waals surface area contributed by atoms with Gasteiger partial charge in [-0.2, -0.15) is 0 Å². The van der Waals surface area contributed by atoms with Crippen LogP contribution in [-0.4, -0.2) is 8.42 Å². The van der Waals surface area contributed by atoms with Crippen LogP contribution in [0.4, 0.5) is 8.78 Å². The molecule has 2 rings (SSSR count). The van der Waals surface area contributed by atoms with E-state index in [4.69, 9.17) is 0 Å². The summed E-state index contributed by atoms with van der Waals surface area (Å²) in [5.74, 6) is -1.93. The molecule has 0 aliphatic rings. The average molecular weight is 297 g/mol. The Balaban J connectivity index is 2.28. The van der Waals surface area contributed by atoms with E-state index < -0.39 is 32.6 Å². The molecule has 3 nitrogen and oxygen atoms in total. The smallest absolute Gasteiger partial charge is 0.207 e. The normalized spacial score (nSPS) is 13.2. The summed E-state index contributed by atoms with van der Waals surface area (Å²) in [7, 11) is -4.05. The number of halogens is 2. The summed E-state index contributed by atoms with van der Waals surface area (Å²) in [6.07, 6.45) is 0. The van der Waals surface area contributed by atoms with Gasteiger partial charge in [0.2, 0.25) is 10.0 Å². The Hall–Kier alpha value is -1.79. The molecule has 0 saturated heterocycles. The molecule has 0 fully saturated rings. The third kappa shape index (κ3) is 3.20. The van der Waals surface area contributed by atoms with E-state index in [0.29, 0.717) is 6.07 Å². The minimum Gasteiger partial charge on any atom is -0.207 e. The second-order valence-electron chi connectivity index (χ2n) is 4.33. The Labute approximate surface area is 116 Å². The summed E-state index contributed by atoms with van der Waals surface area (Å²) >= 11 is 0. The van der Waals surface area contributed by atoms with Gasteiger partial charge in [0.25, 0.3) is 0 Å². The van der Waals surface area contributed by atoms with E-state index in [0.717, 1.165) is 17.7 Å². The van der Waals surface area contributed by atoms with Crippen molar-refractivity contribution in [2.24, 2.45) is 0 Å².